The molecule has 0 radical (unpaired) electrons. The Labute approximate surface area is 230 Å². The average Bonchev–Trinajstić information content (AvgIpc) is 2.95. The zero-order valence-corrected chi connectivity index (χ0v) is 21.6. The largest absolute Gasteiger partial charge is 0.481 e. The van der Waals surface area contributed by atoms with Gasteiger partial charge in [-0.25, -0.2) is 4.79 Å². The van der Waals surface area contributed by atoms with Gasteiger partial charge >= 0.3 is 18.0 Å². The molecule has 40 heavy (non-hydrogen) atoms. The lowest BCUT2D eigenvalue weighted by Crippen LogP contribution is -2.55. The number of carboxylic acids is 1. The Morgan fingerprint density at radius 3 is 1.82 bits per heavy atom. The Kier molecular flexibility index (Phi) is 10.9. The molecule has 0 fully saturated rings. The third-order valence-electron chi connectivity index (χ3n) is 6.05. The highest BCUT2D eigenvalue weighted by atomic mass is 19.3. The molecule has 0 bridgehead atoms. The van der Waals surface area contributed by atoms with Crippen LogP contribution in [0.2, 0.25) is 0 Å². The number of nitrogens with one attached hydrogen (secondary N) is 2. The number of ketones is 1. The second-order valence-corrected chi connectivity index (χ2v) is 9.16. The van der Waals surface area contributed by atoms with Crippen molar-refractivity contribution in [2.75, 3.05) is 0 Å². The number of ether oxygens (including phenoxy) is 1. The first-order valence-corrected chi connectivity index (χ1v) is 12.6. The zero-order valence-electron chi connectivity index (χ0n) is 21.6. The van der Waals surface area contributed by atoms with Gasteiger partial charge in [0.15, 0.2) is 0 Å². The van der Waals surface area contributed by atoms with Crippen LogP contribution in [0.1, 0.15) is 29.5 Å². The topological polar surface area (TPSA) is 122 Å². The van der Waals surface area contributed by atoms with Crippen molar-refractivity contribution in [2.24, 2.45) is 0 Å². The maximum absolute atomic E-state index is 15.1. The summed E-state index contributed by atoms with van der Waals surface area (Å²) in [6, 6.07) is 22.0. The number of alkyl halides is 2. The molecule has 3 aromatic rings. The van der Waals surface area contributed by atoms with Crippen molar-refractivity contribution in [3.8, 4) is 0 Å². The van der Waals surface area contributed by atoms with Crippen LogP contribution in [0, 0.1) is 0 Å². The molecule has 10 heteroatoms. The van der Waals surface area contributed by atoms with Crippen LogP contribution in [0.25, 0.3) is 0 Å². The molecule has 3 N–H and O–H groups in total. The van der Waals surface area contributed by atoms with Gasteiger partial charge in [0.2, 0.25) is 11.7 Å². The molecule has 3 rings (SSSR count). The van der Waals surface area contributed by atoms with Gasteiger partial charge in [0.1, 0.15) is 12.6 Å². The molecule has 2 amide bonds. The summed E-state index contributed by atoms with van der Waals surface area (Å²) < 4.78 is 35.3. The first-order valence-electron chi connectivity index (χ1n) is 12.6. The van der Waals surface area contributed by atoms with Gasteiger partial charge in [0.05, 0.1) is 12.5 Å². The number of rotatable bonds is 14. The molecule has 0 unspecified atom stereocenters. The van der Waals surface area contributed by atoms with Crippen LogP contribution in [-0.4, -0.2) is 46.9 Å². The summed E-state index contributed by atoms with van der Waals surface area (Å²) in [6.07, 6.45) is -3.04. The van der Waals surface area contributed by atoms with Gasteiger partial charge in [-0.3, -0.25) is 14.4 Å². The Bertz CT molecular complexity index is 1270. The van der Waals surface area contributed by atoms with E-state index in [9.17, 15) is 24.3 Å². The van der Waals surface area contributed by atoms with E-state index in [1.165, 1.54) is 0 Å². The van der Waals surface area contributed by atoms with Gasteiger partial charge in [0.25, 0.3) is 0 Å². The van der Waals surface area contributed by atoms with Crippen molar-refractivity contribution >= 4 is 23.8 Å². The van der Waals surface area contributed by atoms with E-state index < -0.39 is 54.6 Å². The monoisotopic (exact) mass is 552 g/mol. The normalized spacial score (nSPS) is 12.6. The lowest BCUT2D eigenvalue weighted by atomic mass is 9.94. The second-order valence-electron chi connectivity index (χ2n) is 9.16. The summed E-state index contributed by atoms with van der Waals surface area (Å²) in [6.45, 7) is -0.142. The number of amides is 2. The molecule has 3 aromatic carbocycles. The van der Waals surface area contributed by atoms with E-state index in [2.05, 4.69) is 10.6 Å². The number of halogens is 2. The van der Waals surface area contributed by atoms with Gasteiger partial charge in [-0.15, -0.1) is 0 Å². The van der Waals surface area contributed by atoms with E-state index in [0.717, 1.165) is 0 Å². The Balaban J connectivity index is 1.73. The number of alkyl carbamates (subject to hydrolysis) is 1. The molecular weight excluding hydrogens is 522 g/mol. The lowest BCUT2D eigenvalue weighted by molar-refractivity contribution is -0.148. The van der Waals surface area contributed by atoms with E-state index in [-0.39, 0.29) is 19.4 Å². The second kappa shape index (κ2) is 14.5. The number of hydrogen-bond donors (Lipinski definition) is 3. The van der Waals surface area contributed by atoms with Crippen LogP contribution in [0.3, 0.4) is 0 Å². The summed E-state index contributed by atoms with van der Waals surface area (Å²) in [4.78, 5) is 49.8. The Morgan fingerprint density at radius 2 is 1.27 bits per heavy atom. The molecule has 0 aliphatic carbocycles. The quantitative estimate of drug-likeness (QED) is 0.274. The fraction of sp³-hybridized carbons (Fsp3) is 0.267. The van der Waals surface area contributed by atoms with Crippen LogP contribution in [0.15, 0.2) is 91.0 Å². The number of carboxylic acid groups (broad SMARTS) is 1. The van der Waals surface area contributed by atoms with Crippen LogP contribution >= 0.6 is 0 Å². The highest BCUT2D eigenvalue weighted by Gasteiger charge is 2.43. The Morgan fingerprint density at radius 1 is 0.750 bits per heavy atom. The van der Waals surface area contributed by atoms with Gasteiger partial charge < -0.3 is 20.5 Å². The third-order valence-corrected chi connectivity index (χ3v) is 6.05. The number of carbonyl (C=O) groups is 4. The minimum Gasteiger partial charge on any atom is -0.481 e. The minimum absolute atomic E-state index is 0.0674. The number of Topliss-reactive ketones (excluding diaryl/α,β-unsaturated/α-hetero) is 1. The predicted octanol–water partition coefficient (Wildman–Crippen LogP) is 4.32. The molecular formula is C30H30F2N2O6. The Hall–Kier alpha value is -4.60. The standard InChI is InChI=1S/C30H30F2N2O6/c31-30(32,17-16-21-10-4-1-5-11-21)27(37)24(18-22-12-6-2-7-13-22)33-28(38)25(19-26(35)36)34-29(39)40-20-23-14-8-3-9-15-23/h1-15,24-25H,16-20H2,(H,33,38)(H,34,39)(H,35,36)/t24-,25-/m0/s1. The maximum atomic E-state index is 15.1. The van der Waals surface area contributed by atoms with Crippen LogP contribution in [0.4, 0.5) is 13.6 Å². The van der Waals surface area contributed by atoms with E-state index in [1.54, 1.807) is 91.0 Å². The number of hydrogen-bond acceptors (Lipinski definition) is 5. The average molecular weight is 553 g/mol. The fourth-order valence-corrected chi connectivity index (χ4v) is 3.95. The van der Waals surface area contributed by atoms with Crippen molar-refractivity contribution in [1.29, 1.82) is 0 Å². The predicted molar refractivity (Wildman–Crippen MR) is 143 cm³/mol. The molecule has 0 aliphatic heterocycles. The first-order chi connectivity index (χ1) is 19.1. The minimum atomic E-state index is -3.78. The van der Waals surface area contributed by atoms with E-state index in [0.29, 0.717) is 16.7 Å². The van der Waals surface area contributed by atoms with E-state index >= 15 is 8.78 Å². The lowest BCUT2D eigenvalue weighted by Gasteiger charge is -2.25. The van der Waals surface area contributed by atoms with Crippen molar-refractivity contribution in [3.05, 3.63) is 108 Å². The first kappa shape index (κ1) is 29.9. The third kappa shape index (κ3) is 9.61. The molecule has 8 nitrogen and oxygen atoms in total. The molecule has 0 saturated heterocycles. The molecule has 2 atom stereocenters. The molecule has 210 valence electrons. The number of benzene rings is 3. The van der Waals surface area contributed by atoms with Crippen LogP contribution in [0.5, 0.6) is 0 Å². The van der Waals surface area contributed by atoms with E-state index in [4.69, 9.17) is 4.74 Å². The molecule has 0 aromatic heterocycles. The SMILES string of the molecule is O=C(O)C[C@H](NC(=O)OCc1ccccc1)C(=O)N[C@@H](Cc1ccccc1)C(=O)C(F)(F)CCc1ccccc1. The summed E-state index contributed by atoms with van der Waals surface area (Å²) >= 11 is 0. The van der Waals surface area contributed by atoms with Gasteiger partial charge in [-0.05, 0) is 29.5 Å². The molecule has 0 spiro atoms. The fourth-order valence-electron chi connectivity index (χ4n) is 3.95. The number of aryl methyl sites for hydroxylation is 1. The molecule has 0 heterocycles. The van der Waals surface area contributed by atoms with E-state index in [1.807, 2.05) is 0 Å². The maximum Gasteiger partial charge on any atom is 0.408 e. The van der Waals surface area contributed by atoms with Gasteiger partial charge in [-0.1, -0.05) is 91.0 Å². The van der Waals surface area contributed by atoms with Crippen molar-refractivity contribution < 1.29 is 37.8 Å². The van der Waals surface area contributed by atoms with Crippen LogP contribution < -0.4 is 10.6 Å². The number of carbonyl (C=O) groups excluding carboxylic acids is 3. The molecule has 0 saturated carbocycles. The molecule has 0 aliphatic rings. The van der Waals surface area contributed by atoms with Gasteiger partial charge in [0, 0.05) is 6.42 Å². The van der Waals surface area contributed by atoms with Crippen molar-refractivity contribution in [1.82, 2.24) is 10.6 Å². The summed E-state index contributed by atoms with van der Waals surface area (Å²) in [5.41, 5.74) is 1.78. The highest BCUT2D eigenvalue weighted by molar-refractivity contribution is 5.96. The van der Waals surface area contributed by atoms with Gasteiger partial charge in [-0.2, -0.15) is 8.78 Å². The van der Waals surface area contributed by atoms with Crippen molar-refractivity contribution in [2.45, 2.75) is 50.3 Å². The summed E-state index contributed by atoms with van der Waals surface area (Å²) in [5, 5.41) is 13.7. The zero-order chi connectivity index (χ0) is 29.0. The smallest absolute Gasteiger partial charge is 0.408 e. The van der Waals surface area contributed by atoms with Crippen LogP contribution in [-0.2, 0) is 38.6 Å². The highest BCUT2D eigenvalue weighted by Crippen LogP contribution is 2.25. The summed E-state index contributed by atoms with van der Waals surface area (Å²) in [7, 11) is 0. The number of aliphatic carboxylic acids is 1. The van der Waals surface area contributed by atoms with Crippen molar-refractivity contribution in [3.63, 3.8) is 0 Å². The summed E-state index contributed by atoms with van der Waals surface area (Å²) in [5.74, 6) is -7.83.